The average molecular weight is 436 g/mol. The van der Waals surface area contributed by atoms with Crippen molar-refractivity contribution in [2.45, 2.75) is 13.2 Å². The lowest BCUT2D eigenvalue weighted by Gasteiger charge is -2.07. The molecule has 0 aromatic heterocycles. The van der Waals surface area contributed by atoms with Crippen molar-refractivity contribution >= 4 is 29.6 Å². The minimum absolute atomic E-state index is 0.326. The van der Waals surface area contributed by atoms with Gasteiger partial charge in [0.15, 0.2) is 6.61 Å². The Hall–Kier alpha value is -3.57. The second-order valence-corrected chi connectivity index (χ2v) is 7.12. The summed E-state index contributed by atoms with van der Waals surface area (Å²) in [6, 6.07) is 24.2. The summed E-state index contributed by atoms with van der Waals surface area (Å²) in [5, 5.41) is 3.39. The quantitative estimate of drug-likeness (QED) is 0.387. The Balaban J connectivity index is 1.38. The Morgan fingerprint density at radius 2 is 1.58 bits per heavy atom. The van der Waals surface area contributed by atoms with Crippen molar-refractivity contribution in [1.29, 1.82) is 0 Å². The van der Waals surface area contributed by atoms with Gasteiger partial charge in [-0.05, 0) is 47.0 Å². The molecule has 0 saturated carbocycles. The van der Waals surface area contributed by atoms with Gasteiger partial charge in [0.25, 0.3) is 5.91 Å². The minimum Gasteiger partial charge on any atom is -0.489 e. The van der Waals surface area contributed by atoms with Crippen LogP contribution in [-0.4, -0.2) is 18.5 Å². The highest BCUT2D eigenvalue weighted by molar-refractivity contribution is 6.30. The van der Waals surface area contributed by atoms with Crippen molar-refractivity contribution in [3.05, 3.63) is 107 Å². The van der Waals surface area contributed by atoms with E-state index in [-0.39, 0.29) is 12.5 Å². The Kier molecular flexibility index (Phi) is 8.26. The van der Waals surface area contributed by atoms with E-state index < -0.39 is 5.97 Å². The summed E-state index contributed by atoms with van der Waals surface area (Å²) in [6.45, 7) is 0.498. The zero-order valence-electron chi connectivity index (χ0n) is 16.8. The standard InChI is InChI=1S/C25H22ClNO4/c26-22-11-6-21(7-12-22)17-30-23-13-8-19(9-14-23)10-15-25(29)31-18-24(28)27-16-20-4-2-1-3-5-20/h1-15H,16-18H2,(H,27,28)/b15-10+. The van der Waals surface area contributed by atoms with Gasteiger partial charge in [-0.2, -0.15) is 0 Å². The Labute approximate surface area is 186 Å². The van der Waals surface area contributed by atoms with E-state index in [9.17, 15) is 9.59 Å². The van der Waals surface area contributed by atoms with Crippen LogP contribution >= 0.6 is 11.6 Å². The van der Waals surface area contributed by atoms with E-state index in [0.717, 1.165) is 16.7 Å². The second-order valence-electron chi connectivity index (χ2n) is 6.69. The summed E-state index contributed by atoms with van der Waals surface area (Å²) in [5.74, 6) is -0.226. The molecule has 0 fully saturated rings. The minimum atomic E-state index is -0.585. The maximum atomic E-state index is 11.8. The average Bonchev–Trinajstić information content (AvgIpc) is 2.81. The van der Waals surface area contributed by atoms with Gasteiger partial charge in [-0.25, -0.2) is 4.79 Å². The Morgan fingerprint density at radius 1 is 0.871 bits per heavy atom. The largest absolute Gasteiger partial charge is 0.489 e. The van der Waals surface area contributed by atoms with Gasteiger partial charge in [-0.1, -0.05) is 66.2 Å². The summed E-state index contributed by atoms with van der Waals surface area (Å²) in [5.41, 5.74) is 2.80. The number of amides is 1. The van der Waals surface area contributed by atoms with Gasteiger partial charge in [0.1, 0.15) is 12.4 Å². The second kappa shape index (κ2) is 11.6. The first-order chi connectivity index (χ1) is 15.1. The third-order valence-electron chi connectivity index (χ3n) is 4.29. The maximum absolute atomic E-state index is 11.8. The van der Waals surface area contributed by atoms with Gasteiger partial charge in [0, 0.05) is 17.6 Å². The Bertz CT molecular complexity index is 1020. The molecule has 0 aliphatic rings. The third-order valence-corrected chi connectivity index (χ3v) is 4.54. The number of benzene rings is 3. The normalized spacial score (nSPS) is 10.6. The first kappa shape index (κ1) is 22.1. The van der Waals surface area contributed by atoms with Gasteiger partial charge >= 0.3 is 5.97 Å². The Morgan fingerprint density at radius 3 is 2.29 bits per heavy atom. The van der Waals surface area contributed by atoms with E-state index in [4.69, 9.17) is 21.1 Å². The number of carbonyl (C=O) groups is 2. The number of ether oxygens (including phenoxy) is 2. The molecule has 3 aromatic carbocycles. The number of hydrogen-bond acceptors (Lipinski definition) is 4. The van der Waals surface area contributed by atoms with Crippen molar-refractivity contribution in [1.82, 2.24) is 5.32 Å². The van der Waals surface area contributed by atoms with Crippen LogP contribution in [0, 0.1) is 0 Å². The van der Waals surface area contributed by atoms with Crippen LogP contribution in [0.3, 0.4) is 0 Å². The van der Waals surface area contributed by atoms with Crippen LogP contribution < -0.4 is 10.1 Å². The summed E-state index contributed by atoms with van der Waals surface area (Å²) >= 11 is 5.87. The molecule has 6 heteroatoms. The van der Waals surface area contributed by atoms with Crippen molar-refractivity contribution in [3.63, 3.8) is 0 Å². The van der Waals surface area contributed by atoms with Crippen LogP contribution in [0.2, 0.25) is 5.02 Å². The molecule has 0 bridgehead atoms. The number of rotatable bonds is 9. The molecule has 1 N–H and O–H groups in total. The lowest BCUT2D eigenvalue weighted by Crippen LogP contribution is -2.28. The van der Waals surface area contributed by atoms with E-state index in [1.165, 1.54) is 6.08 Å². The van der Waals surface area contributed by atoms with Crippen LogP contribution in [0.5, 0.6) is 5.75 Å². The van der Waals surface area contributed by atoms with Gasteiger partial charge < -0.3 is 14.8 Å². The van der Waals surface area contributed by atoms with Crippen LogP contribution in [0.4, 0.5) is 0 Å². The molecule has 31 heavy (non-hydrogen) atoms. The lowest BCUT2D eigenvalue weighted by atomic mass is 10.2. The number of nitrogens with one attached hydrogen (secondary N) is 1. The molecule has 1 amide bonds. The highest BCUT2D eigenvalue weighted by Crippen LogP contribution is 2.16. The zero-order valence-corrected chi connectivity index (χ0v) is 17.5. The van der Waals surface area contributed by atoms with Crippen LogP contribution in [0.1, 0.15) is 16.7 Å². The number of hydrogen-bond donors (Lipinski definition) is 1. The molecule has 0 spiro atoms. The van der Waals surface area contributed by atoms with Crippen molar-refractivity contribution in [2.24, 2.45) is 0 Å². The SMILES string of the molecule is O=C(COC(=O)/C=C/c1ccc(OCc2ccc(Cl)cc2)cc1)NCc1ccccc1. The predicted molar refractivity (Wildman–Crippen MR) is 121 cm³/mol. The monoisotopic (exact) mass is 435 g/mol. The number of esters is 1. The van der Waals surface area contributed by atoms with E-state index in [0.29, 0.717) is 23.9 Å². The molecule has 3 rings (SSSR count). The molecule has 0 saturated heterocycles. The number of carbonyl (C=O) groups excluding carboxylic acids is 2. The molecule has 0 atom stereocenters. The fraction of sp³-hybridized carbons (Fsp3) is 0.120. The summed E-state index contributed by atoms with van der Waals surface area (Å²) in [4.78, 5) is 23.6. The van der Waals surface area contributed by atoms with E-state index in [2.05, 4.69) is 5.32 Å². The fourth-order valence-corrected chi connectivity index (χ4v) is 2.75. The van der Waals surface area contributed by atoms with Gasteiger partial charge in [-0.3, -0.25) is 4.79 Å². The highest BCUT2D eigenvalue weighted by atomic mass is 35.5. The number of halogens is 1. The van der Waals surface area contributed by atoms with Crippen LogP contribution in [-0.2, 0) is 27.5 Å². The zero-order chi connectivity index (χ0) is 21.9. The topological polar surface area (TPSA) is 64.6 Å². The first-order valence-electron chi connectivity index (χ1n) is 9.71. The van der Waals surface area contributed by atoms with Gasteiger partial charge in [-0.15, -0.1) is 0 Å². The molecule has 3 aromatic rings. The molecule has 0 heterocycles. The van der Waals surface area contributed by atoms with Crippen LogP contribution in [0.25, 0.3) is 6.08 Å². The van der Waals surface area contributed by atoms with Gasteiger partial charge in [0.05, 0.1) is 0 Å². The molecule has 0 unspecified atom stereocenters. The molecule has 158 valence electrons. The fourth-order valence-electron chi connectivity index (χ4n) is 2.62. The van der Waals surface area contributed by atoms with Gasteiger partial charge in [0.2, 0.25) is 0 Å². The maximum Gasteiger partial charge on any atom is 0.331 e. The smallest absolute Gasteiger partial charge is 0.331 e. The molecule has 0 aliphatic carbocycles. The summed E-state index contributed by atoms with van der Waals surface area (Å²) < 4.78 is 10.7. The molecule has 0 aliphatic heterocycles. The third kappa shape index (κ3) is 7.99. The van der Waals surface area contributed by atoms with E-state index >= 15 is 0 Å². The van der Waals surface area contributed by atoms with Crippen molar-refractivity contribution < 1.29 is 19.1 Å². The summed E-state index contributed by atoms with van der Waals surface area (Å²) in [7, 11) is 0. The van der Waals surface area contributed by atoms with E-state index in [1.54, 1.807) is 6.08 Å². The molecular weight excluding hydrogens is 414 g/mol. The molecule has 0 radical (unpaired) electrons. The molecule has 5 nitrogen and oxygen atoms in total. The molecular formula is C25H22ClNO4. The van der Waals surface area contributed by atoms with E-state index in [1.807, 2.05) is 78.9 Å². The predicted octanol–water partition coefficient (Wildman–Crippen LogP) is 4.79. The van der Waals surface area contributed by atoms with Crippen molar-refractivity contribution in [3.8, 4) is 5.75 Å². The highest BCUT2D eigenvalue weighted by Gasteiger charge is 2.05. The summed E-state index contributed by atoms with van der Waals surface area (Å²) in [6.07, 6.45) is 2.90. The van der Waals surface area contributed by atoms with Crippen molar-refractivity contribution in [2.75, 3.05) is 6.61 Å². The first-order valence-corrected chi connectivity index (χ1v) is 10.1. The van der Waals surface area contributed by atoms with Crippen LogP contribution in [0.15, 0.2) is 84.9 Å². The lowest BCUT2D eigenvalue weighted by molar-refractivity contribution is -0.143.